The van der Waals surface area contributed by atoms with Crippen molar-refractivity contribution in [2.45, 2.75) is 12.8 Å². The van der Waals surface area contributed by atoms with Crippen molar-refractivity contribution in [2.75, 3.05) is 13.6 Å². The lowest BCUT2D eigenvalue weighted by atomic mass is 9.95. The third-order valence-corrected chi connectivity index (χ3v) is 4.10. The van der Waals surface area contributed by atoms with Crippen LogP contribution in [-0.4, -0.2) is 18.6 Å². The molecular weight excluding hydrogens is 264 g/mol. The topological polar surface area (TPSA) is 24.9 Å². The van der Waals surface area contributed by atoms with E-state index in [9.17, 15) is 0 Å². The van der Waals surface area contributed by atoms with E-state index in [1.54, 1.807) is 11.3 Å². The van der Waals surface area contributed by atoms with Crippen LogP contribution in [0.3, 0.4) is 0 Å². The van der Waals surface area contributed by atoms with Crippen molar-refractivity contribution in [3.63, 3.8) is 0 Å². The normalized spacial score (nSPS) is 12.6. The Morgan fingerprint density at radius 1 is 1.33 bits per heavy atom. The molecule has 0 saturated carbocycles. The largest absolute Gasteiger partial charge is 0.319 e. The Morgan fingerprint density at radius 3 is 2.83 bits per heavy atom. The molecule has 0 aliphatic carbocycles. The number of nitrogens with one attached hydrogen (secondary N) is 1. The molecule has 0 fully saturated rings. The first-order chi connectivity index (χ1) is 8.79. The Hall–Kier alpha value is -0.900. The zero-order chi connectivity index (χ0) is 12.8. The van der Waals surface area contributed by atoms with E-state index in [1.165, 1.54) is 10.4 Å². The molecule has 0 amide bonds. The van der Waals surface area contributed by atoms with Gasteiger partial charge in [0.15, 0.2) is 0 Å². The lowest BCUT2D eigenvalue weighted by molar-refractivity contribution is 0.496. The second-order valence-corrected chi connectivity index (χ2v) is 5.77. The van der Waals surface area contributed by atoms with Crippen LogP contribution in [0, 0.1) is 5.92 Å². The molecule has 0 spiro atoms. The van der Waals surface area contributed by atoms with Crippen molar-refractivity contribution in [3.8, 4) is 0 Å². The Kier molecular flexibility index (Phi) is 5.17. The molecule has 0 bridgehead atoms. The first-order valence-corrected chi connectivity index (χ1v) is 7.30. The van der Waals surface area contributed by atoms with E-state index in [2.05, 4.69) is 16.4 Å². The summed E-state index contributed by atoms with van der Waals surface area (Å²) in [6.07, 6.45) is 4.01. The zero-order valence-electron chi connectivity index (χ0n) is 10.4. The van der Waals surface area contributed by atoms with Crippen LogP contribution in [0.4, 0.5) is 0 Å². The molecule has 1 unspecified atom stereocenters. The predicted molar refractivity (Wildman–Crippen MR) is 78.4 cm³/mol. The van der Waals surface area contributed by atoms with Crippen molar-refractivity contribution < 1.29 is 0 Å². The highest BCUT2D eigenvalue weighted by Gasteiger charge is 2.12. The summed E-state index contributed by atoms with van der Waals surface area (Å²) >= 11 is 7.94. The molecule has 0 radical (unpaired) electrons. The van der Waals surface area contributed by atoms with E-state index < -0.39 is 0 Å². The fourth-order valence-electron chi connectivity index (χ4n) is 2.11. The van der Waals surface area contributed by atoms with Gasteiger partial charge in [-0.05, 0) is 44.0 Å². The van der Waals surface area contributed by atoms with Crippen LogP contribution in [0.2, 0.25) is 5.02 Å². The van der Waals surface area contributed by atoms with E-state index in [4.69, 9.17) is 11.6 Å². The second kappa shape index (κ2) is 6.88. The minimum atomic E-state index is 0.551. The van der Waals surface area contributed by atoms with Crippen molar-refractivity contribution in [1.29, 1.82) is 0 Å². The van der Waals surface area contributed by atoms with Gasteiger partial charge in [-0.15, -0.1) is 11.3 Å². The van der Waals surface area contributed by atoms with Crippen LogP contribution in [0.15, 0.2) is 36.0 Å². The first-order valence-electron chi connectivity index (χ1n) is 6.05. The lowest BCUT2D eigenvalue weighted by Crippen LogP contribution is -2.22. The Balaban J connectivity index is 2.04. The maximum absolute atomic E-state index is 6.22. The number of rotatable bonds is 6. The molecule has 0 aliphatic rings. The molecule has 1 aromatic carbocycles. The molecule has 4 heteroatoms. The third-order valence-electron chi connectivity index (χ3n) is 2.93. The Morgan fingerprint density at radius 2 is 2.17 bits per heavy atom. The average Bonchev–Trinajstić information content (AvgIpc) is 2.85. The number of halogens is 1. The highest BCUT2D eigenvalue weighted by atomic mass is 35.5. The minimum Gasteiger partial charge on any atom is -0.319 e. The fraction of sp³-hybridized carbons (Fsp3) is 0.357. The summed E-state index contributed by atoms with van der Waals surface area (Å²) in [5.41, 5.74) is 3.12. The molecule has 1 atom stereocenters. The fourth-order valence-corrected chi connectivity index (χ4v) is 3.03. The number of hydrogen-bond acceptors (Lipinski definition) is 3. The molecule has 96 valence electrons. The molecular formula is C14H17ClN2S. The van der Waals surface area contributed by atoms with Crippen molar-refractivity contribution in [1.82, 2.24) is 10.3 Å². The number of hydrogen-bond donors (Lipinski definition) is 1. The van der Waals surface area contributed by atoms with Crippen LogP contribution >= 0.6 is 22.9 Å². The molecule has 2 aromatic rings. The summed E-state index contributed by atoms with van der Waals surface area (Å²) < 4.78 is 0. The minimum absolute atomic E-state index is 0.551. The standard InChI is InChI=1S/C14H17ClN2S/c1-16-8-11(7-13-9-17-10-18-13)6-12-4-2-3-5-14(12)15/h2-5,9-11,16H,6-8H2,1H3. The monoisotopic (exact) mass is 280 g/mol. The van der Waals surface area contributed by atoms with Gasteiger partial charge in [-0.2, -0.15) is 0 Å². The van der Waals surface area contributed by atoms with Crippen molar-refractivity contribution in [2.24, 2.45) is 5.92 Å². The summed E-state index contributed by atoms with van der Waals surface area (Å²) in [6.45, 7) is 0.989. The number of nitrogens with zero attached hydrogens (tertiary/aromatic N) is 1. The van der Waals surface area contributed by atoms with E-state index in [0.717, 1.165) is 24.4 Å². The smallest absolute Gasteiger partial charge is 0.0794 e. The van der Waals surface area contributed by atoms with E-state index in [0.29, 0.717) is 5.92 Å². The van der Waals surface area contributed by atoms with Crippen LogP contribution in [0.1, 0.15) is 10.4 Å². The molecule has 1 heterocycles. The third kappa shape index (κ3) is 3.80. The van der Waals surface area contributed by atoms with Gasteiger partial charge in [0.1, 0.15) is 0 Å². The molecule has 1 N–H and O–H groups in total. The van der Waals surface area contributed by atoms with Crippen LogP contribution < -0.4 is 5.32 Å². The first kappa shape index (κ1) is 13.5. The maximum Gasteiger partial charge on any atom is 0.0794 e. The molecule has 2 rings (SSSR count). The van der Waals surface area contributed by atoms with Crippen LogP contribution in [-0.2, 0) is 12.8 Å². The quantitative estimate of drug-likeness (QED) is 0.877. The van der Waals surface area contributed by atoms with Gasteiger partial charge in [0.2, 0.25) is 0 Å². The van der Waals surface area contributed by atoms with Gasteiger partial charge in [0.05, 0.1) is 5.51 Å². The van der Waals surface area contributed by atoms with Crippen molar-refractivity contribution in [3.05, 3.63) is 51.4 Å². The molecule has 0 aliphatic heterocycles. The molecule has 2 nitrogen and oxygen atoms in total. The molecule has 18 heavy (non-hydrogen) atoms. The Labute approximate surface area is 117 Å². The Bertz CT molecular complexity index is 470. The highest BCUT2D eigenvalue weighted by molar-refractivity contribution is 7.09. The summed E-state index contributed by atoms with van der Waals surface area (Å²) in [4.78, 5) is 5.47. The van der Waals surface area contributed by atoms with Gasteiger partial charge in [0.25, 0.3) is 0 Å². The van der Waals surface area contributed by atoms with Gasteiger partial charge in [-0.25, -0.2) is 0 Å². The van der Waals surface area contributed by atoms with Gasteiger partial charge in [0, 0.05) is 16.1 Å². The zero-order valence-corrected chi connectivity index (χ0v) is 12.0. The summed E-state index contributed by atoms with van der Waals surface area (Å²) in [6, 6.07) is 8.09. The van der Waals surface area contributed by atoms with E-state index >= 15 is 0 Å². The van der Waals surface area contributed by atoms with E-state index in [1.807, 2.05) is 37.0 Å². The number of benzene rings is 1. The predicted octanol–water partition coefficient (Wildman–Crippen LogP) is 3.42. The number of thiazole rings is 1. The number of aromatic nitrogens is 1. The molecule has 1 aromatic heterocycles. The van der Waals surface area contributed by atoms with Crippen LogP contribution in [0.25, 0.3) is 0 Å². The maximum atomic E-state index is 6.22. The van der Waals surface area contributed by atoms with Gasteiger partial charge in [-0.1, -0.05) is 29.8 Å². The lowest BCUT2D eigenvalue weighted by Gasteiger charge is -2.16. The van der Waals surface area contributed by atoms with E-state index in [-0.39, 0.29) is 0 Å². The second-order valence-electron chi connectivity index (χ2n) is 4.39. The SMILES string of the molecule is CNCC(Cc1cncs1)Cc1ccccc1Cl. The van der Waals surface area contributed by atoms with Crippen molar-refractivity contribution >= 4 is 22.9 Å². The van der Waals surface area contributed by atoms with Gasteiger partial charge >= 0.3 is 0 Å². The highest BCUT2D eigenvalue weighted by Crippen LogP contribution is 2.21. The molecule has 0 saturated heterocycles. The average molecular weight is 281 g/mol. The summed E-state index contributed by atoms with van der Waals surface area (Å²) in [7, 11) is 1.99. The summed E-state index contributed by atoms with van der Waals surface area (Å²) in [5, 5.41) is 4.12. The summed E-state index contributed by atoms with van der Waals surface area (Å²) in [5.74, 6) is 0.551. The van der Waals surface area contributed by atoms with Gasteiger partial charge < -0.3 is 5.32 Å². The van der Waals surface area contributed by atoms with Gasteiger partial charge in [-0.3, -0.25) is 4.98 Å². The van der Waals surface area contributed by atoms with Crippen LogP contribution in [0.5, 0.6) is 0 Å².